The van der Waals surface area contributed by atoms with E-state index >= 15 is 0 Å². The highest BCUT2D eigenvalue weighted by atomic mass is 16.5. The van der Waals surface area contributed by atoms with Gasteiger partial charge in [-0.1, -0.05) is 19.8 Å². The second-order valence-electron chi connectivity index (χ2n) is 3.98. The molecule has 0 amide bonds. The van der Waals surface area contributed by atoms with Gasteiger partial charge in [0.2, 0.25) is 5.88 Å². The lowest BCUT2D eigenvalue weighted by Crippen LogP contribution is -2.11. The Morgan fingerprint density at radius 2 is 2.00 bits per heavy atom. The summed E-state index contributed by atoms with van der Waals surface area (Å²) in [5.41, 5.74) is 6.36. The molecule has 102 valence electrons. The van der Waals surface area contributed by atoms with Crippen LogP contribution in [0.4, 0.5) is 11.5 Å². The number of nitrogens with zero attached hydrogens (tertiary/aromatic N) is 2. The summed E-state index contributed by atoms with van der Waals surface area (Å²) in [7, 11) is 3.14. The lowest BCUT2D eigenvalue weighted by molar-refractivity contribution is 0.177. The first kappa shape index (κ1) is 14.5. The molecule has 0 saturated heterocycles. The fourth-order valence-electron chi connectivity index (χ4n) is 1.56. The highest BCUT2D eigenvalue weighted by Crippen LogP contribution is 2.25. The van der Waals surface area contributed by atoms with Gasteiger partial charge >= 0.3 is 0 Å². The summed E-state index contributed by atoms with van der Waals surface area (Å²) in [4.78, 5) is 8.48. The average molecular weight is 254 g/mol. The molecule has 0 atom stereocenters. The van der Waals surface area contributed by atoms with Crippen LogP contribution in [0, 0.1) is 0 Å². The van der Waals surface area contributed by atoms with Crippen molar-refractivity contribution in [2.45, 2.75) is 32.8 Å². The number of hydrogen-bond donors (Lipinski definition) is 2. The van der Waals surface area contributed by atoms with Crippen molar-refractivity contribution in [1.82, 2.24) is 9.97 Å². The smallest absolute Gasteiger partial charge is 0.242 e. The van der Waals surface area contributed by atoms with Gasteiger partial charge in [-0.15, -0.1) is 0 Å². The Hall–Kier alpha value is -1.56. The Bertz CT molecular complexity index is 371. The summed E-state index contributed by atoms with van der Waals surface area (Å²) in [6.07, 6.45) is 3.45. The molecule has 0 aliphatic heterocycles. The van der Waals surface area contributed by atoms with E-state index in [4.69, 9.17) is 15.2 Å². The molecule has 0 fully saturated rings. The van der Waals surface area contributed by atoms with E-state index in [-0.39, 0.29) is 0 Å². The molecule has 18 heavy (non-hydrogen) atoms. The van der Waals surface area contributed by atoms with Gasteiger partial charge in [-0.3, -0.25) is 0 Å². The third kappa shape index (κ3) is 4.03. The van der Waals surface area contributed by atoms with E-state index in [9.17, 15) is 0 Å². The van der Waals surface area contributed by atoms with Crippen LogP contribution in [0.1, 0.15) is 32.0 Å². The molecule has 0 aromatic carbocycles. The van der Waals surface area contributed by atoms with Crippen LogP contribution in [0.2, 0.25) is 0 Å². The molecule has 0 aliphatic carbocycles. The van der Waals surface area contributed by atoms with Crippen molar-refractivity contribution in [2.75, 3.05) is 31.8 Å². The van der Waals surface area contributed by atoms with Crippen LogP contribution in [0.25, 0.3) is 0 Å². The summed E-state index contributed by atoms with van der Waals surface area (Å²) in [5.74, 6) is 1.56. The molecule has 6 nitrogen and oxygen atoms in total. The number of nitrogen functional groups attached to an aromatic ring is 1. The lowest BCUT2D eigenvalue weighted by atomic mass is 10.2. The van der Waals surface area contributed by atoms with Gasteiger partial charge in [0, 0.05) is 13.7 Å². The number of rotatable bonds is 8. The number of hydrogen-bond acceptors (Lipinski definition) is 6. The molecule has 0 unspecified atom stereocenters. The summed E-state index contributed by atoms with van der Waals surface area (Å²) in [5, 5.41) is 3.21. The number of unbranched alkanes of at least 4 members (excludes halogenated alkanes) is 2. The van der Waals surface area contributed by atoms with Crippen LogP contribution < -0.4 is 15.8 Å². The maximum absolute atomic E-state index is 5.92. The predicted molar refractivity (Wildman–Crippen MR) is 71.7 cm³/mol. The molecule has 3 N–H and O–H groups in total. The van der Waals surface area contributed by atoms with E-state index in [0.29, 0.717) is 29.8 Å². The molecule has 0 saturated carbocycles. The molecular formula is C12H22N4O2. The maximum atomic E-state index is 5.92. The second-order valence-corrected chi connectivity index (χ2v) is 3.98. The first-order valence-electron chi connectivity index (χ1n) is 6.16. The van der Waals surface area contributed by atoms with Crippen LogP contribution in [0.3, 0.4) is 0 Å². The summed E-state index contributed by atoms with van der Waals surface area (Å²) >= 11 is 0. The third-order valence-electron chi connectivity index (χ3n) is 2.50. The summed E-state index contributed by atoms with van der Waals surface area (Å²) in [6, 6.07) is 0. The largest absolute Gasteiger partial charge is 0.479 e. The Balaban J connectivity index is 2.77. The Kier molecular flexibility index (Phi) is 6.21. The van der Waals surface area contributed by atoms with Crippen molar-refractivity contribution >= 4 is 11.5 Å². The Labute approximate surface area is 108 Å². The molecule has 0 spiro atoms. The minimum absolute atomic E-state index is 0.334. The van der Waals surface area contributed by atoms with Crippen LogP contribution in [0.5, 0.6) is 5.88 Å². The minimum Gasteiger partial charge on any atom is -0.479 e. The topological polar surface area (TPSA) is 82.3 Å². The maximum Gasteiger partial charge on any atom is 0.242 e. The number of methoxy groups -OCH3 is 2. The number of nitrogens with one attached hydrogen (secondary N) is 1. The summed E-state index contributed by atoms with van der Waals surface area (Å²) in [6.45, 7) is 3.34. The average Bonchev–Trinajstić information content (AvgIpc) is 2.38. The standard InChI is InChI=1S/C12H22N4O2/c1-4-5-6-7-14-11-10(13)12(18-3)16-9(15-11)8-17-2/h4-8,13H2,1-3H3,(H,14,15,16). The van der Waals surface area contributed by atoms with Crippen molar-refractivity contribution < 1.29 is 9.47 Å². The van der Waals surface area contributed by atoms with Gasteiger partial charge in [0.15, 0.2) is 11.6 Å². The fraction of sp³-hybridized carbons (Fsp3) is 0.667. The fourth-order valence-corrected chi connectivity index (χ4v) is 1.56. The van der Waals surface area contributed by atoms with Gasteiger partial charge in [-0.2, -0.15) is 4.98 Å². The zero-order valence-electron chi connectivity index (χ0n) is 11.3. The van der Waals surface area contributed by atoms with E-state index in [0.717, 1.165) is 13.0 Å². The van der Waals surface area contributed by atoms with E-state index in [1.165, 1.54) is 20.0 Å². The number of anilines is 2. The quantitative estimate of drug-likeness (QED) is 0.688. The van der Waals surface area contributed by atoms with E-state index in [1.807, 2.05) is 0 Å². The van der Waals surface area contributed by atoms with Crippen LogP contribution in [0.15, 0.2) is 0 Å². The molecule has 1 heterocycles. The zero-order chi connectivity index (χ0) is 13.4. The number of aromatic nitrogens is 2. The van der Waals surface area contributed by atoms with Crippen LogP contribution >= 0.6 is 0 Å². The second kappa shape index (κ2) is 7.71. The van der Waals surface area contributed by atoms with Crippen molar-refractivity contribution in [1.29, 1.82) is 0 Å². The molecule has 1 aromatic rings. The van der Waals surface area contributed by atoms with Gasteiger partial charge in [-0.05, 0) is 6.42 Å². The first-order chi connectivity index (χ1) is 8.72. The third-order valence-corrected chi connectivity index (χ3v) is 2.50. The highest BCUT2D eigenvalue weighted by Gasteiger charge is 2.11. The van der Waals surface area contributed by atoms with Gasteiger partial charge in [-0.25, -0.2) is 4.98 Å². The lowest BCUT2D eigenvalue weighted by Gasteiger charge is -2.12. The van der Waals surface area contributed by atoms with E-state index < -0.39 is 0 Å². The van der Waals surface area contributed by atoms with Gasteiger partial charge < -0.3 is 20.5 Å². The minimum atomic E-state index is 0.334. The van der Waals surface area contributed by atoms with Crippen LogP contribution in [-0.2, 0) is 11.3 Å². The van der Waals surface area contributed by atoms with E-state index in [1.54, 1.807) is 7.11 Å². The molecule has 0 radical (unpaired) electrons. The number of nitrogens with two attached hydrogens (primary N) is 1. The zero-order valence-corrected chi connectivity index (χ0v) is 11.3. The van der Waals surface area contributed by atoms with Crippen LogP contribution in [-0.4, -0.2) is 30.7 Å². The van der Waals surface area contributed by atoms with Gasteiger partial charge in [0.25, 0.3) is 0 Å². The van der Waals surface area contributed by atoms with Crippen molar-refractivity contribution in [2.24, 2.45) is 0 Å². The first-order valence-corrected chi connectivity index (χ1v) is 6.16. The molecule has 0 aliphatic rings. The van der Waals surface area contributed by atoms with Crippen molar-refractivity contribution in [3.63, 3.8) is 0 Å². The monoisotopic (exact) mass is 254 g/mol. The summed E-state index contributed by atoms with van der Waals surface area (Å²) < 4.78 is 10.1. The Morgan fingerprint density at radius 3 is 2.61 bits per heavy atom. The highest BCUT2D eigenvalue weighted by molar-refractivity contribution is 5.66. The van der Waals surface area contributed by atoms with E-state index in [2.05, 4.69) is 22.2 Å². The molecule has 0 bridgehead atoms. The van der Waals surface area contributed by atoms with Gasteiger partial charge in [0.05, 0.1) is 7.11 Å². The predicted octanol–water partition coefficient (Wildman–Crippen LogP) is 1.82. The molecule has 1 rings (SSSR count). The van der Waals surface area contributed by atoms with Crippen molar-refractivity contribution in [3.8, 4) is 5.88 Å². The normalized spacial score (nSPS) is 10.4. The van der Waals surface area contributed by atoms with Gasteiger partial charge in [0.1, 0.15) is 12.3 Å². The molecule has 6 heteroatoms. The number of ether oxygens (including phenoxy) is 2. The SMILES string of the molecule is CCCCCNc1nc(COC)nc(OC)c1N. The Morgan fingerprint density at radius 1 is 1.22 bits per heavy atom. The molecule has 1 aromatic heterocycles. The van der Waals surface area contributed by atoms with Crippen molar-refractivity contribution in [3.05, 3.63) is 5.82 Å². The molecular weight excluding hydrogens is 232 g/mol.